The van der Waals surface area contributed by atoms with E-state index in [1.165, 1.54) is 18.5 Å². The Kier molecular flexibility index (Phi) is 11.9. The molecule has 1 amide bonds. The number of amidine groups is 1. The van der Waals surface area contributed by atoms with Gasteiger partial charge in [0.05, 0.1) is 18.8 Å². The molecule has 2 heterocycles. The third kappa shape index (κ3) is 9.92. The van der Waals surface area contributed by atoms with Crippen LogP contribution in [-0.2, 0) is 6.18 Å². The number of allylic oxidation sites excluding steroid dienone is 1. The minimum atomic E-state index is -4.54. The number of aryl methyl sites for hydroxylation is 1. The van der Waals surface area contributed by atoms with Crippen LogP contribution in [0.4, 0.5) is 24.5 Å². The minimum Gasteiger partial charge on any atom is -0.382 e. The molecule has 0 spiro atoms. The van der Waals surface area contributed by atoms with Crippen molar-refractivity contribution in [3.05, 3.63) is 71.4 Å². The Balaban J connectivity index is 1.26. The Morgan fingerprint density at radius 1 is 1.13 bits per heavy atom. The molecule has 4 rings (SSSR count). The van der Waals surface area contributed by atoms with Crippen molar-refractivity contribution in [3.63, 3.8) is 0 Å². The molecule has 1 saturated heterocycles. The second-order valence-electron chi connectivity index (χ2n) is 10.3. The second-order valence-corrected chi connectivity index (χ2v) is 10.3. The molecule has 12 nitrogen and oxygen atoms in total. The van der Waals surface area contributed by atoms with Crippen molar-refractivity contribution in [2.24, 2.45) is 35.7 Å². The van der Waals surface area contributed by atoms with E-state index in [4.69, 9.17) is 5.73 Å². The van der Waals surface area contributed by atoms with Gasteiger partial charge in [-0.3, -0.25) is 24.7 Å². The van der Waals surface area contributed by atoms with Crippen molar-refractivity contribution in [3.8, 4) is 0 Å². The summed E-state index contributed by atoms with van der Waals surface area (Å²) in [5.74, 6) is 0.231. The molecule has 2 aromatic rings. The van der Waals surface area contributed by atoms with E-state index in [1.807, 2.05) is 6.92 Å². The quantitative estimate of drug-likeness (QED) is 0.266. The molecule has 0 saturated carbocycles. The third-order valence-corrected chi connectivity index (χ3v) is 7.03. The molecule has 2 aliphatic heterocycles. The highest BCUT2D eigenvalue weighted by atomic mass is 19.4. The van der Waals surface area contributed by atoms with Crippen LogP contribution in [0.3, 0.4) is 0 Å². The fourth-order valence-corrected chi connectivity index (χ4v) is 4.56. The zero-order chi connectivity index (χ0) is 32.9. The van der Waals surface area contributed by atoms with Gasteiger partial charge < -0.3 is 21.3 Å². The summed E-state index contributed by atoms with van der Waals surface area (Å²) in [7, 11) is 0. The highest BCUT2D eigenvalue weighted by Crippen LogP contribution is 2.30. The molecule has 0 aromatic heterocycles. The largest absolute Gasteiger partial charge is 0.416 e. The lowest BCUT2D eigenvalue weighted by Crippen LogP contribution is -2.40. The summed E-state index contributed by atoms with van der Waals surface area (Å²) < 4.78 is 39.1. The first-order valence-electron chi connectivity index (χ1n) is 14.5. The van der Waals surface area contributed by atoms with Crippen LogP contribution in [0.5, 0.6) is 0 Å². The number of hydrogen-bond acceptors (Lipinski definition) is 10. The molecule has 0 atom stereocenters. The van der Waals surface area contributed by atoms with Gasteiger partial charge in [-0.1, -0.05) is 12.1 Å². The number of halogens is 3. The molecular formula is C31H36F3N11O. The lowest BCUT2D eigenvalue weighted by Gasteiger charge is -2.24. The Morgan fingerprint density at radius 2 is 1.98 bits per heavy atom. The molecule has 242 valence electrons. The van der Waals surface area contributed by atoms with Gasteiger partial charge in [0, 0.05) is 55.5 Å². The number of anilines is 2. The number of nitrogens with one attached hydrogen (secondary N) is 2. The van der Waals surface area contributed by atoms with Crippen molar-refractivity contribution >= 4 is 54.1 Å². The molecule has 2 aromatic carbocycles. The van der Waals surface area contributed by atoms with Crippen LogP contribution >= 0.6 is 0 Å². The summed E-state index contributed by atoms with van der Waals surface area (Å²) in [6.07, 6.45) is 2.82. The third-order valence-electron chi connectivity index (χ3n) is 7.03. The number of alkyl halides is 3. The SMILES string of the molecule is C=N/C=C\C=NCN1CCCN(C2=NCC(=NC=NCNc3cc(NC(=O)c4cccc(C(F)(F)F)c4)ccc3C)C(N)=N2)CC1. The topological polar surface area (TPSA) is 148 Å². The first-order valence-corrected chi connectivity index (χ1v) is 14.5. The Hall–Kier alpha value is -5.18. The zero-order valence-corrected chi connectivity index (χ0v) is 25.4. The first-order chi connectivity index (χ1) is 22.1. The number of guanidine groups is 1. The summed E-state index contributed by atoms with van der Waals surface area (Å²) >= 11 is 0. The van der Waals surface area contributed by atoms with E-state index in [-0.39, 0.29) is 24.6 Å². The van der Waals surface area contributed by atoms with Crippen LogP contribution in [0.2, 0.25) is 0 Å². The van der Waals surface area contributed by atoms with E-state index >= 15 is 0 Å². The monoisotopic (exact) mass is 635 g/mol. The maximum atomic E-state index is 13.0. The van der Waals surface area contributed by atoms with Crippen molar-refractivity contribution in [2.75, 3.05) is 56.7 Å². The van der Waals surface area contributed by atoms with E-state index in [1.54, 1.807) is 36.7 Å². The number of amides is 1. The summed E-state index contributed by atoms with van der Waals surface area (Å²) in [5.41, 5.74) is 7.70. The van der Waals surface area contributed by atoms with E-state index in [9.17, 15) is 18.0 Å². The van der Waals surface area contributed by atoms with Gasteiger partial charge in [0.1, 0.15) is 18.7 Å². The summed E-state index contributed by atoms with van der Waals surface area (Å²) in [5, 5.41) is 5.78. The number of benzene rings is 2. The minimum absolute atomic E-state index is 0.0961. The smallest absolute Gasteiger partial charge is 0.382 e. The zero-order valence-electron chi connectivity index (χ0n) is 25.4. The van der Waals surface area contributed by atoms with Gasteiger partial charge in [0.25, 0.3) is 5.91 Å². The molecular weight excluding hydrogens is 599 g/mol. The molecule has 0 aliphatic carbocycles. The highest BCUT2D eigenvalue weighted by molar-refractivity contribution is 6.45. The first kappa shape index (κ1) is 33.7. The Morgan fingerprint density at radius 3 is 2.76 bits per heavy atom. The van der Waals surface area contributed by atoms with Gasteiger partial charge in [0.2, 0.25) is 5.96 Å². The van der Waals surface area contributed by atoms with Gasteiger partial charge >= 0.3 is 6.18 Å². The molecule has 46 heavy (non-hydrogen) atoms. The van der Waals surface area contributed by atoms with Gasteiger partial charge in [-0.05, 0) is 62.0 Å². The number of hydrogen-bond donors (Lipinski definition) is 3. The lowest BCUT2D eigenvalue weighted by molar-refractivity contribution is -0.137. The van der Waals surface area contributed by atoms with E-state index in [0.717, 1.165) is 50.3 Å². The molecule has 0 bridgehead atoms. The number of carbonyl (C=O) groups is 1. The number of aliphatic imine (C=N–C) groups is 6. The van der Waals surface area contributed by atoms with E-state index in [0.29, 0.717) is 29.7 Å². The van der Waals surface area contributed by atoms with Crippen molar-refractivity contribution in [1.29, 1.82) is 0 Å². The lowest BCUT2D eigenvalue weighted by atomic mass is 10.1. The summed E-state index contributed by atoms with van der Waals surface area (Å²) in [4.78, 5) is 42.6. The average molecular weight is 636 g/mol. The van der Waals surface area contributed by atoms with Crippen LogP contribution < -0.4 is 16.4 Å². The Bertz CT molecular complexity index is 1580. The normalized spacial score (nSPS) is 17.4. The van der Waals surface area contributed by atoms with Crippen LogP contribution in [0.1, 0.15) is 27.9 Å². The maximum Gasteiger partial charge on any atom is 0.416 e. The molecule has 15 heteroatoms. The van der Waals surface area contributed by atoms with Crippen molar-refractivity contribution in [1.82, 2.24) is 9.80 Å². The molecule has 1 fully saturated rings. The Labute approximate surface area is 265 Å². The van der Waals surface area contributed by atoms with Gasteiger partial charge in [-0.2, -0.15) is 18.2 Å². The summed E-state index contributed by atoms with van der Waals surface area (Å²) in [6, 6.07) is 9.39. The molecule has 4 N–H and O–H groups in total. The van der Waals surface area contributed by atoms with Crippen LogP contribution in [0, 0.1) is 6.92 Å². The van der Waals surface area contributed by atoms with Crippen molar-refractivity contribution < 1.29 is 18.0 Å². The predicted molar refractivity (Wildman–Crippen MR) is 179 cm³/mol. The van der Waals surface area contributed by atoms with Gasteiger partial charge in [0.15, 0.2) is 5.84 Å². The number of nitrogens with two attached hydrogens (primary N) is 1. The van der Waals surface area contributed by atoms with Crippen molar-refractivity contribution in [2.45, 2.75) is 19.5 Å². The maximum absolute atomic E-state index is 13.0. The van der Waals surface area contributed by atoms with Crippen LogP contribution in [-0.4, -0.2) is 98.5 Å². The summed E-state index contributed by atoms with van der Waals surface area (Å²) in [6.45, 7) is 9.61. The fraction of sp³-hybridized carbons (Fsp3) is 0.323. The number of rotatable bonds is 10. The van der Waals surface area contributed by atoms with Gasteiger partial charge in [-0.15, -0.1) is 0 Å². The fourth-order valence-electron chi connectivity index (χ4n) is 4.56. The van der Waals surface area contributed by atoms with Crippen LogP contribution in [0.25, 0.3) is 0 Å². The van der Waals surface area contributed by atoms with Crippen LogP contribution in [0.15, 0.2) is 84.7 Å². The standard InChI is InChI=1S/C31H36F3N11O/c1-22-8-9-25(42-29(46)23-6-3-7-24(16-23)31(32,33)34)17-26(22)40-19-38-20-41-27-18-39-30(43-28(27)35)45-13-5-12-44(14-15-45)21-37-11-4-10-36-2/h3-4,6-11,16-17,20,40H,2,5,12-15,18-19,21H2,1H3,(H,42,46)(H2,35,39,43)/b10-4-,37-11?,38-20?,41-27?. The number of carbonyl (C=O) groups excluding carboxylic acids is 1. The molecule has 0 unspecified atom stereocenters. The van der Waals surface area contributed by atoms with Gasteiger partial charge in [-0.25, -0.2) is 9.98 Å². The molecule has 2 aliphatic rings. The molecule has 0 radical (unpaired) electrons. The van der Waals surface area contributed by atoms with E-state index < -0.39 is 17.6 Å². The second kappa shape index (κ2) is 16.2. The highest BCUT2D eigenvalue weighted by Gasteiger charge is 2.31. The van der Waals surface area contributed by atoms with E-state index in [2.05, 4.69) is 57.1 Å². The predicted octanol–water partition coefficient (Wildman–Crippen LogP) is 4.08. The number of nitrogens with zero attached hydrogens (tertiary/aromatic N) is 8. The average Bonchev–Trinajstić information content (AvgIpc) is 3.28.